The molecule has 1 fully saturated rings. The van der Waals surface area contributed by atoms with Gasteiger partial charge in [0.15, 0.2) is 0 Å². The summed E-state index contributed by atoms with van der Waals surface area (Å²) in [5.74, 6) is -0.370. The van der Waals surface area contributed by atoms with Gasteiger partial charge in [0.25, 0.3) is 0 Å². The number of amides is 1. The van der Waals surface area contributed by atoms with Crippen molar-refractivity contribution in [2.45, 2.75) is 25.4 Å². The van der Waals surface area contributed by atoms with Gasteiger partial charge in [-0.25, -0.2) is 0 Å². The van der Waals surface area contributed by atoms with Gasteiger partial charge in [0.1, 0.15) is 0 Å². The van der Waals surface area contributed by atoms with Gasteiger partial charge in [-0.15, -0.1) is 0 Å². The second-order valence-electron chi connectivity index (χ2n) is 4.95. The fraction of sp³-hybridized carbons (Fsp3) is 0.500. The molecule has 1 aliphatic carbocycles. The van der Waals surface area contributed by atoms with E-state index < -0.39 is 0 Å². The monoisotopic (exact) mass is 247 g/mol. The molecule has 1 saturated carbocycles. The predicted molar refractivity (Wildman–Crippen MR) is 72.3 cm³/mol. The summed E-state index contributed by atoms with van der Waals surface area (Å²) >= 11 is 0. The number of nitrogens with one attached hydrogen (secondary N) is 1. The molecule has 0 bridgehead atoms. The van der Waals surface area contributed by atoms with Crippen molar-refractivity contribution in [3.05, 3.63) is 35.4 Å². The molecule has 0 aliphatic heterocycles. The largest absolute Gasteiger partial charge is 0.366 e. The van der Waals surface area contributed by atoms with Gasteiger partial charge in [-0.05, 0) is 37.6 Å². The van der Waals surface area contributed by atoms with Crippen molar-refractivity contribution >= 4 is 5.91 Å². The lowest BCUT2D eigenvalue weighted by molar-refractivity contribution is 0.1000. The zero-order chi connectivity index (χ0) is 13.0. The van der Waals surface area contributed by atoms with Crippen LogP contribution < -0.4 is 11.1 Å². The molecule has 18 heavy (non-hydrogen) atoms. The first-order chi connectivity index (χ1) is 8.66. The van der Waals surface area contributed by atoms with E-state index in [0.717, 1.165) is 31.2 Å². The van der Waals surface area contributed by atoms with Crippen molar-refractivity contribution in [2.24, 2.45) is 5.73 Å². The summed E-state index contributed by atoms with van der Waals surface area (Å²) in [6.45, 7) is 2.81. The van der Waals surface area contributed by atoms with Crippen LogP contribution in [0.25, 0.3) is 0 Å². The molecule has 1 amide bonds. The Morgan fingerprint density at radius 2 is 2.28 bits per heavy atom. The number of carbonyl (C=O) groups excluding carboxylic acids is 1. The van der Waals surface area contributed by atoms with E-state index in [1.165, 1.54) is 12.8 Å². The van der Waals surface area contributed by atoms with Gasteiger partial charge < -0.3 is 16.0 Å². The summed E-state index contributed by atoms with van der Waals surface area (Å²) in [5, 5.41) is 3.39. The molecule has 1 aromatic rings. The average Bonchev–Trinajstić information content (AvgIpc) is 3.19. The molecule has 98 valence electrons. The summed E-state index contributed by atoms with van der Waals surface area (Å²) in [4.78, 5) is 13.4. The van der Waals surface area contributed by atoms with E-state index in [4.69, 9.17) is 5.73 Å². The van der Waals surface area contributed by atoms with Crippen molar-refractivity contribution in [1.82, 2.24) is 10.2 Å². The lowest BCUT2D eigenvalue weighted by Gasteiger charge is -2.15. The Morgan fingerprint density at radius 3 is 2.94 bits per heavy atom. The van der Waals surface area contributed by atoms with Gasteiger partial charge in [-0.1, -0.05) is 12.1 Å². The molecule has 3 N–H and O–H groups in total. The lowest BCUT2D eigenvalue weighted by atomic mass is 10.1. The van der Waals surface area contributed by atoms with Crippen LogP contribution in [0.2, 0.25) is 0 Å². The topological polar surface area (TPSA) is 58.4 Å². The molecular formula is C14H21N3O. The van der Waals surface area contributed by atoms with Gasteiger partial charge >= 0.3 is 0 Å². The third-order valence-electron chi connectivity index (χ3n) is 3.35. The summed E-state index contributed by atoms with van der Waals surface area (Å²) < 4.78 is 0. The number of benzene rings is 1. The maximum absolute atomic E-state index is 11.0. The number of carbonyl (C=O) groups is 1. The predicted octanol–water partition coefficient (Wildman–Crippen LogP) is 0.969. The van der Waals surface area contributed by atoms with Crippen molar-refractivity contribution in [2.75, 3.05) is 20.1 Å². The van der Waals surface area contributed by atoms with Crippen LogP contribution in [0.1, 0.15) is 28.8 Å². The average molecular weight is 247 g/mol. The van der Waals surface area contributed by atoms with Crippen LogP contribution in [0, 0.1) is 0 Å². The third kappa shape index (κ3) is 3.82. The number of rotatable bonds is 7. The van der Waals surface area contributed by atoms with Crippen molar-refractivity contribution < 1.29 is 4.79 Å². The minimum atomic E-state index is -0.370. The van der Waals surface area contributed by atoms with E-state index >= 15 is 0 Å². The molecule has 0 spiro atoms. The molecule has 0 unspecified atom stereocenters. The minimum Gasteiger partial charge on any atom is -0.366 e. The Hall–Kier alpha value is -1.39. The van der Waals surface area contributed by atoms with Crippen molar-refractivity contribution in [3.8, 4) is 0 Å². The normalized spacial score (nSPS) is 15.0. The Bertz CT molecular complexity index is 415. The Labute approximate surface area is 108 Å². The molecular weight excluding hydrogens is 226 g/mol. The highest BCUT2D eigenvalue weighted by atomic mass is 16.1. The lowest BCUT2D eigenvalue weighted by Crippen LogP contribution is -2.30. The summed E-state index contributed by atoms with van der Waals surface area (Å²) in [7, 11) is 2.17. The second-order valence-corrected chi connectivity index (χ2v) is 4.95. The molecule has 2 rings (SSSR count). The number of hydrogen-bond acceptors (Lipinski definition) is 3. The quantitative estimate of drug-likeness (QED) is 0.706. The molecule has 4 heteroatoms. The number of likely N-dealkylation sites (N-methyl/N-ethyl adjacent to an activating group) is 1. The van der Waals surface area contributed by atoms with E-state index in [9.17, 15) is 4.79 Å². The Kier molecular flexibility index (Phi) is 4.33. The number of primary amides is 1. The van der Waals surface area contributed by atoms with Crippen LogP contribution in [-0.2, 0) is 6.54 Å². The number of nitrogens with two attached hydrogens (primary N) is 1. The van der Waals surface area contributed by atoms with Gasteiger partial charge in [0.05, 0.1) is 0 Å². The van der Waals surface area contributed by atoms with Crippen LogP contribution in [0.15, 0.2) is 24.3 Å². The molecule has 0 atom stereocenters. The van der Waals surface area contributed by atoms with Gasteiger partial charge in [-0.3, -0.25) is 4.79 Å². The second kappa shape index (κ2) is 5.98. The van der Waals surface area contributed by atoms with Crippen LogP contribution in [0.5, 0.6) is 0 Å². The summed E-state index contributed by atoms with van der Waals surface area (Å²) in [5.41, 5.74) is 6.92. The minimum absolute atomic E-state index is 0.370. The maximum atomic E-state index is 11.0. The zero-order valence-corrected chi connectivity index (χ0v) is 10.9. The highest BCUT2D eigenvalue weighted by Crippen LogP contribution is 2.24. The van der Waals surface area contributed by atoms with E-state index in [-0.39, 0.29) is 5.91 Å². The first-order valence-electron chi connectivity index (χ1n) is 6.46. The maximum Gasteiger partial charge on any atom is 0.248 e. The number of hydrogen-bond donors (Lipinski definition) is 2. The van der Waals surface area contributed by atoms with E-state index in [0.29, 0.717) is 5.56 Å². The zero-order valence-electron chi connectivity index (χ0n) is 10.9. The fourth-order valence-corrected chi connectivity index (χ4v) is 2.02. The standard InChI is InChI=1S/C14H21N3O/c1-17(13-5-6-13)8-7-16-10-11-3-2-4-12(9-11)14(15)18/h2-4,9,13,16H,5-8,10H2,1H3,(H2,15,18). The van der Waals surface area contributed by atoms with Crippen molar-refractivity contribution in [3.63, 3.8) is 0 Å². The Morgan fingerprint density at radius 1 is 1.50 bits per heavy atom. The van der Waals surface area contributed by atoms with Gasteiger partial charge in [0.2, 0.25) is 5.91 Å². The van der Waals surface area contributed by atoms with E-state index in [2.05, 4.69) is 17.3 Å². The molecule has 1 aromatic carbocycles. The first-order valence-corrected chi connectivity index (χ1v) is 6.46. The molecule has 0 aromatic heterocycles. The first kappa shape index (κ1) is 13.1. The van der Waals surface area contributed by atoms with Crippen molar-refractivity contribution in [1.29, 1.82) is 0 Å². The Balaban J connectivity index is 1.72. The van der Waals surface area contributed by atoms with E-state index in [1.807, 2.05) is 18.2 Å². The van der Waals surface area contributed by atoms with Crippen LogP contribution >= 0.6 is 0 Å². The van der Waals surface area contributed by atoms with Crippen LogP contribution in [-0.4, -0.2) is 37.0 Å². The number of nitrogens with zero attached hydrogens (tertiary/aromatic N) is 1. The highest BCUT2D eigenvalue weighted by Gasteiger charge is 2.25. The molecule has 0 heterocycles. The SMILES string of the molecule is CN(CCNCc1cccc(C(N)=O)c1)C1CC1. The third-order valence-corrected chi connectivity index (χ3v) is 3.35. The van der Waals surface area contributed by atoms with Crippen LogP contribution in [0.4, 0.5) is 0 Å². The van der Waals surface area contributed by atoms with E-state index in [1.54, 1.807) is 6.07 Å². The molecule has 1 aliphatic rings. The summed E-state index contributed by atoms with van der Waals surface area (Å²) in [6.07, 6.45) is 2.69. The highest BCUT2D eigenvalue weighted by molar-refractivity contribution is 5.92. The summed E-state index contributed by atoms with van der Waals surface area (Å²) in [6, 6.07) is 8.27. The van der Waals surface area contributed by atoms with Gasteiger partial charge in [0, 0.05) is 31.2 Å². The molecule has 0 saturated heterocycles. The van der Waals surface area contributed by atoms with Gasteiger partial charge in [-0.2, -0.15) is 0 Å². The fourth-order valence-electron chi connectivity index (χ4n) is 2.02. The van der Waals surface area contributed by atoms with Crippen LogP contribution in [0.3, 0.4) is 0 Å². The molecule has 0 radical (unpaired) electrons. The smallest absolute Gasteiger partial charge is 0.248 e. The molecule has 4 nitrogen and oxygen atoms in total.